The fourth-order valence-electron chi connectivity index (χ4n) is 1.37. The molecule has 2 rings (SSSR count). The van der Waals surface area contributed by atoms with Crippen LogP contribution >= 0.6 is 11.8 Å². The number of nitrogens with zero attached hydrogens (tertiary/aromatic N) is 2. The van der Waals surface area contributed by atoms with E-state index in [-0.39, 0.29) is 6.61 Å². The Hall–Kier alpha value is -1.37. The van der Waals surface area contributed by atoms with Gasteiger partial charge in [0.05, 0.1) is 0 Å². The molecule has 0 radical (unpaired) electrons. The maximum atomic E-state index is 4.97. The fourth-order valence-corrected chi connectivity index (χ4v) is 2.03. The Labute approximate surface area is 103 Å². The topological polar surface area (TPSA) is 74.2 Å². The summed E-state index contributed by atoms with van der Waals surface area (Å²) < 4.78 is 4.97. The molecule has 17 heavy (non-hydrogen) atoms. The van der Waals surface area contributed by atoms with Gasteiger partial charge in [0.2, 0.25) is 5.82 Å². The van der Waals surface area contributed by atoms with Gasteiger partial charge in [-0.2, -0.15) is 4.98 Å². The first-order valence-corrected chi connectivity index (χ1v) is 6.19. The summed E-state index contributed by atoms with van der Waals surface area (Å²) in [7, 11) is 0. The highest BCUT2D eigenvalue weighted by atomic mass is 32.2. The van der Waals surface area contributed by atoms with E-state index in [1.54, 1.807) is 11.8 Å². The van der Waals surface area contributed by atoms with Crippen molar-refractivity contribution in [3.8, 4) is 11.4 Å². The molecule has 1 heterocycles. The van der Waals surface area contributed by atoms with E-state index < -0.39 is 0 Å². The molecule has 1 aromatic heterocycles. The maximum Gasteiger partial charge on any atom is 0.255 e. The number of thioether (sulfide) groups is 1. The van der Waals surface area contributed by atoms with E-state index in [0.29, 0.717) is 11.7 Å². The predicted molar refractivity (Wildman–Crippen MR) is 65.1 cm³/mol. The van der Waals surface area contributed by atoms with Gasteiger partial charge in [-0.1, -0.05) is 12.1 Å². The van der Waals surface area contributed by atoms with E-state index in [1.165, 1.54) is 4.90 Å². The fraction of sp³-hybridized carbons (Fsp3) is 0.273. The molecule has 5 nitrogen and oxygen atoms in total. The minimum Gasteiger partial charge on any atom is -0.336 e. The third-order valence-electron chi connectivity index (χ3n) is 2.10. The van der Waals surface area contributed by atoms with Crippen LogP contribution in [0.1, 0.15) is 12.8 Å². The van der Waals surface area contributed by atoms with Crippen molar-refractivity contribution in [3.05, 3.63) is 30.2 Å². The molecule has 0 aliphatic heterocycles. The van der Waals surface area contributed by atoms with Crippen molar-refractivity contribution in [2.24, 2.45) is 5.90 Å². The van der Waals surface area contributed by atoms with Gasteiger partial charge in [0.15, 0.2) is 0 Å². The molecule has 2 aromatic rings. The van der Waals surface area contributed by atoms with Crippen molar-refractivity contribution in [1.29, 1.82) is 0 Å². The second-order valence-corrected chi connectivity index (χ2v) is 4.62. The number of aromatic nitrogens is 2. The molecule has 1 aromatic carbocycles. The summed E-state index contributed by atoms with van der Waals surface area (Å²) in [6.45, 7) is 2.24. The highest BCUT2D eigenvalue weighted by Gasteiger charge is 2.08. The zero-order valence-corrected chi connectivity index (χ0v) is 10.2. The van der Waals surface area contributed by atoms with Crippen LogP contribution in [0, 0.1) is 0 Å². The minimum absolute atomic E-state index is 0.122. The zero-order chi connectivity index (χ0) is 12.1. The van der Waals surface area contributed by atoms with Crippen LogP contribution in [-0.4, -0.2) is 15.9 Å². The van der Waals surface area contributed by atoms with Gasteiger partial charge < -0.3 is 4.52 Å². The van der Waals surface area contributed by atoms with Gasteiger partial charge >= 0.3 is 0 Å². The van der Waals surface area contributed by atoms with Crippen LogP contribution < -0.4 is 5.90 Å². The largest absolute Gasteiger partial charge is 0.336 e. The van der Waals surface area contributed by atoms with E-state index in [1.807, 2.05) is 24.3 Å². The first kappa shape index (κ1) is 12.1. The third-order valence-corrected chi connectivity index (χ3v) is 2.99. The maximum absolute atomic E-state index is 4.97. The molecule has 0 aliphatic rings. The summed E-state index contributed by atoms with van der Waals surface area (Å²) in [5.41, 5.74) is 0.914. The number of hydrogen-bond acceptors (Lipinski definition) is 6. The molecule has 0 fully saturated rings. The van der Waals surface area contributed by atoms with Gasteiger partial charge in [-0.15, -0.1) is 11.8 Å². The molecule has 2 N–H and O–H groups in total. The molecule has 0 aliphatic carbocycles. The lowest BCUT2D eigenvalue weighted by Gasteiger charge is -1.98. The monoisotopic (exact) mass is 251 g/mol. The summed E-state index contributed by atoms with van der Waals surface area (Å²) in [6.07, 6.45) is 0. The third kappa shape index (κ3) is 3.06. The lowest BCUT2D eigenvalue weighted by Crippen LogP contribution is -1.98. The minimum atomic E-state index is 0.122. The summed E-state index contributed by atoms with van der Waals surface area (Å²) in [4.78, 5) is 9.81. The van der Waals surface area contributed by atoms with Gasteiger partial charge in [-0.25, -0.2) is 5.90 Å². The van der Waals surface area contributed by atoms with Gasteiger partial charge in [0.25, 0.3) is 5.89 Å². The molecule has 0 unspecified atom stereocenters. The Morgan fingerprint density at radius 1 is 1.35 bits per heavy atom. The number of benzene rings is 1. The van der Waals surface area contributed by atoms with Gasteiger partial charge in [0.1, 0.15) is 6.61 Å². The van der Waals surface area contributed by atoms with Crippen LogP contribution in [0.4, 0.5) is 0 Å². The average molecular weight is 251 g/mol. The molecular weight excluding hydrogens is 238 g/mol. The van der Waals surface area contributed by atoms with Crippen LogP contribution in [0.15, 0.2) is 33.7 Å². The van der Waals surface area contributed by atoms with Crippen LogP contribution in [0.3, 0.4) is 0 Å². The average Bonchev–Trinajstić information content (AvgIpc) is 2.80. The number of hydrogen-bond donors (Lipinski definition) is 1. The van der Waals surface area contributed by atoms with Crippen molar-refractivity contribution >= 4 is 11.8 Å². The van der Waals surface area contributed by atoms with Crippen molar-refractivity contribution < 1.29 is 9.36 Å². The first-order chi connectivity index (χ1) is 8.33. The summed E-state index contributed by atoms with van der Waals surface area (Å²) in [6, 6.07) is 8.02. The van der Waals surface area contributed by atoms with Crippen molar-refractivity contribution in [2.75, 3.05) is 5.75 Å². The van der Waals surface area contributed by atoms with Gasteiger partial charge in [0, 0.05) is 10.5 Å². The van der Waals surface area contributed by atoms with E-state index in [4.69, 9.17) is 10.4 Å². The molecule has 0 spiro atoms. The summed E-state index contributed by atoms with van der Waals surface area (Å²) in [5, 5.41) is 3.85. The lowest BCUT2D eigenvalue weighted by molar-refractivity contribution is 0.0996. The normalized spacial score (nSPS) is 10.7. The highest BCUT2D eigenvalue weighted by Crippen LogP contribution is 2.22. The Morgan fingerprint density at radius 2 is 2.12 bits per heavy atom. The number of nitrogens with two attached hydrogens (primary N) is 1. The molecule has 0 atom stereocenters. The van der Waals surface area contributed by atoms with Crippen molar-refractivity contribution in [1.82, 2.24) is 10.1 Å². The van der Waals surface area contributed by atoms with Crippen LogP contribution in [0.5, 0.6) is 0 Å². The van der Waals surface area contributed by atoms with E-state index in [2.05, 4.69) is 21.9 Å². The predicted octanol–water partition coefficient (Wildman–Crippen LogP) is 2.24. The molecule has 0 saturated heterocycles. The molecular formula is C11H13N3O2S. The quantitative estimate of drug-likeness (QED) is 0.649. The Balaban J connectivity index is 2.15. The van der Waals surface area contributed by atoms with Crippen LogP contribution in [0.25, 0.3) is 11.4 Å². The highest BCUT2D eigenvalue weighted by molar-refractivity contribution is 7.99. The molecule has 90 valence electrons. The second-order valence-electron chi connectivity index (χ2n) is 3.28. The van der Waals surface area contributed by atoms with Crippen molar-refractivity contribution in [2.45, 2.75) is 18.4 Å². The Bertz CT molecular complexity index is 470. The molecule has 0 saturated carbocycles. The first-order valence-electron chi connectivity index (χ1n) is 5.21. The molecule has 0 bridgehead atoms. The zero-order valence-electron chi connectivity index (χ0n) is 9.42. The Morgan fingerprint density at radius 3 is 2.76 bits per heavy atom. The Kier molecular flexibility index (Phi) is 4.13. The standard InChI is InChI=1S/C11H13N3O2S/c1-2-17-9-5-3-8(4-6-9)11-13-10(7-15-12)16-14-11/h3-6H,2,7,12H2,1H3. The lowest BCUT2D eigenvalue weighted by atomic mass is 10.2. The summed E-state index contributed by atoms with van der Waals surface area (Å²) >= 11 is 1.79. The number of rotatable bonds is 5. The summed E-state index contributed by atoms with van der Waals surface area (Å²) in [5.74, 6) is 6.90. The van der Waals surface area contributed by atoms with Crippen molar-refractivity contribution in [3.63, 3.8) is 0 Å². The molecule has 0 amide bonds. The van der Waals surface area contributed by atoms with E-state index in [0.717, 1.165) is 11.3 Å². The molecule has 6 heteroatoms. The van der Waals surface area contributed by atoms with E-state index in [9.17, 15) is 0 Å². The smallest absolute Gasteiger partial charge is 0.255 e. The SMILES string of the molecule is CCSc1ccc(-c2noc(CON)n2)cc1. The van der Waals surface area contributed by atoms with Crippen LogP contribution in [-0.2, 0) is 11.4 Å². The van der Waals surface area contributed by atoms with Gasteiger partial charge in [-0.3, -0.25) is 4.84 Å². The van der Waals surface area contributed by atoms with Gasteiger partial charge in [-0.05, 0) is 30.0 Å². The van der Waals surface area contributed by atoms with E-state index >= 15 is 0 Å². The van der Waals surface area contributed by atoms with Crippen LogP contribution in [0.2, 0.25) is 0 Å². The second kappa shape index (κ2) is 5.81.